The Morgan fingerprint density at radius 3 is 2.56 bits per heavy atom. The Labute approximate surface area is 100 Å². The van der Waals surface area contributed by atoms with Crippen LogP contribution in [0.5, 0.6) is 0 Å². The van der Waals surface area contributed by atoms with E-state index in [1.807, 2.05) is 37.3 Å². The van der Waals surface area contributed by atoms with E-state index < -0.39 is 11.2 Å². The van der Waals surface area contributed by atoms with E-state index in [0.29, 0.717) is 6.54 Å². The number of carbonyl (C=O) groups is 1. The molecule has 3 nitrogen and oxygen atoms in total. The van der Waals surface area contributed by atoms with Crippen LogP contribution in [0, 0.1) is 0 Å². The van der Waals surface area contributed by atoms with Crippen molar-refractivity contribution in [3.05, 3.63) is 35.9 Å². The van der Waals surface area contributed by atoms with Crippen LogP contribution < -0.4 is 5.73 Å². The first kappa shape index (κ1) is 13.1. The fourth-order valence-corrected chi connectivity index (χ4v) is 2.61. The molecule has 2 unspecified atom stereocenters. The molecule has 0 bridgehead atoms. The minimum Gasteiger partial charge on any atom is -0.480 e. The number of carboxylic acids is 1. The normalized spacial score (nSPS) is 14.4. The van der Waals surface area contributed by atoms with Gasteiger partial charge in [-0.3, -0.25) is 4.79 Å². The van der Waals surface area contributed by atoms with Gasteiger partial charge in [0.05, 0.1) is 0 Å². The molecule has 1 rings (SSSR count). The highest BCUT2D eigenvalue weighted by Gasteiger charge is 2.22. The van der Waals surface area contributed by atoms with Gasteiger partial charge in [-0.15, -0.1) is 11.8 Å². The highest BCUT2D eigenvalue weighted by molar-refractivity contribution is 8.00. The lowest BCUT2D eigenvalue weighted by atomic mass is 10.1. The van der Waals surface area contributed by atoms with Gasteiger partial charge in [-0.2, -0.15) is 0 Å². The summed E-state index contributed by atoms with van der Waals surface area (Å²) in [5.41, 5.74) is 6.30. The quantitative estimate of drug-likeness (QED) is 0.799. The van der Waals surface area contributed by atoms with E-state index >= 15 is 0 Å². The minimum absolute atomic E-state index is 0.256. The van der Waals surface area contributed by atoms with Crippen LogP contribution in [0.15, 0.2) is 30.3 Å². The molecule has 1 aromatic carbocycles. The first-order valence-electron chi connectivity index (χ1n) is 5.28. The van der Waals surface area contributed by atoms with Crippen molar-refractivity contribution in [2.24, 2.45) is 5.73 Å². The maximum atomic E-state index is 11.2. The predicted molar refractivity (Wildman–Crippen MR) is 67.5 cm³/mol. The van der Waals surface area contributed by atoms with E-state index in [0.717, 1.165) is 12.0 Å². The van der Waals surface area contributed by atoms with Crippen LogP contribution in [0.25, 0.3) is 0 Å². The molecule has 88 valence electrons. The van der Waals surface area contributed by atoms with E-state index in [-0.39, 0.29) is 5.25 Å². The predicted octanol–water partition coefficient (Wildman–Crippen LogP) is 2.28. The van der Waals surface area contributed by atoms with Gasteiger partial charge in [-0.1, -0.05) is 37.3 Å². The molecule has 16 heavy (non-hydrogen) atoms. The molecule has 0 amide bonds. The Kier molecular flexibility index (Phi) is 5.35. The molecule has 0 aliphatic heterocycles. The minimum atomic E-state index is -0.792. The maximum absolute atomic E-state index is 11.2. The van der Waals surface area contributed by atoms with Gasteiger partial charge < -0.3 is 10.8 Å². The second-order valence-electron chi connectivity index (χ2n) is 3.65. The van der Waals surface area contributed by atoms with Crippen LogP contribution in [0.1, 0.15) is 24.2 Å². The SMILES string of the molecule is CC(CCN)SC(C(=O)O)c1ccccc1. The van der Waals surface area contributed by atoms with Crippen LogP contribution in [0.4, 0.5) is 0 Å². The van der Waals surface area contributed by atoms with Gasteiger partial charge in [-0.05, 0) is 18.5 Å². The van der Waals surface area contributed by atoms with Gasteiger partial charge in [0.2, 0.25) is 0 Å². The summed E-state index contributed by atoms with van der Waals surface area (Å²) in [7, 11) is 0. The van der Waals surface area contributed by atoms with Crippen molar-refractivity contribution in [1.82, 2.24) is 0 Å². The van der Waals surface area contributed by atoms with Crippen molar-refractivity contribution < 1.29 is 9.90 Å². The monoisotopic (exact) mass is 239 g/mol. The molecule has 0 radical (unpaired) electrons. The lowest BCUT2D eigenvalue weighted by Gasteiger charge is -2.17. The Morgan fingerprint density at radius 1 is 1.44 bits per heavy atom. The third-order valence-corrected chi connectivity index (χ3v) is 3.71. The molecule has 0 aliphatic carbocycles. The molecule has 4 heteroatoms. The number of rotatable bonds is 6. The highest BCUT2D eigenvalue weighted by atomic mass is 32.2. The molecule has 0 fully saturated rings. The van der Waals surface area contributed by atoms with Crippen molar-refractivity contribution >= 4 is 17.7 Å². The van der Waals surface area contributed by atoms with Gasteiger partial charge in [0.15, 0.2) is 0 Å². The van der Waals surface area contributed by atoms with Crippen LogP contribution in [-0.4, -0.2) is 22.9 Å². The summed E-state index contributed by atoms with van der Waals surface area (Å²) in [5.74, 6) is -0.792. The van der Waals surface area contributed by atoms with E-state index in [9.17, 15) is 9.90 Å². The third-order valence-electron chi connectivity index (χ3n) is 2.27. The van der Waals surface area contributed by atoms with Crippen molar-refractivity contribution in [2.45, 2.75) is 23.8 Å². The Bertz CT molecular complexity index is 329. The van der Waals surface area contributed by atoms with E-state index in [1.165, 1.54) is 11.8 Å². The number of aliphatic carboxylic acids is 1. The molecule has 2 atom stereocenters. The number of hydrogen-bond donors (Lipinski definition) is 2. The zero-order valence-electron chi connectivity index (χ0n) is 9.30. The Balaban J connectivity index is 2.73. The van der Waals surface area contributed by atoms with E-state index in [4.69, 9.17) is 5.73 Å². The molecule has 0 spiro atoms. The van der Waals surface area contributed by atoms with Gasteiger partial charge in [0, 0.05) is 5.25 Å². The molecule has 0 heterocycles. The molecule has 0 saturated heterocycles. The highest BCUT2D eigenvalue weighted by Crippen LogP contribution is 2.33. The molecule has 3 N–H and O–H groups in total. The number of benzene rings is 1. The van der Waals surface area contributed by atoms with Crippen molar-refractivity contribution in [2.75, 3.05) is 6.54 Å². The fourth-order valence-electron chi connectivity index (χ4n) is 1.44. The van der Waals surface area contributed by atoms with Gasteiger partial charge >= 0.3 is 5.97 Å². The zero-order chi connectivity index (χ0) is 12.0. The molecular formula is C12H17NO2S. The van der Waals surface area contributed by atoms with Crippen molar-refractivity contribution in [3.8, 4) is 0 Å². The van der Waals surface area contributed by atoms with Gasteiger partial charge in [0.25, 0.3) is 0 Å². The fraction of sp³-hybridized carbons (Fsp3) is 0.417. The lowest BCUT2D eigenvalue weighted by Crippen LogP contribution is -2.14. The molecule has 1 aromatic rings. The molecule has 0 aliphatic rings. The van der Waals surface area contributed by atoms with Gasteiger partial charge in [0.1, 0.15) is 5.25 Å². The second-order valence-corrected chi connectivity index (χ2v) is 5.20. The number of thioether (sulfide) groups is 1. The van der Waals surface area contributed by atoms with Gasteiger partial charge in [-0.25, -0.2) is 0 Å². The van der Waals surface area contributed by atoms with E-state index in [1.54, 1.807) is 0 Å². The summed E-state index contributed by atoms with van der Waals surface area (Å²) in [5, 5.41) is 8.95. The van der Waals surface area contributed by atoms with Crippen LogP contribution in [0.2, 0.25) is 0 Å². The number of nitrogens with two attached hydrogens (primary N) is 1. The van der Waals surface area contributed by atoms with Crippen LogP contribution >= 0.6 is 11.8 Å². The first-order chi connectivity index (χ1) is 7.65. The standard InChI is InChI=1S/C12H17NO2S/c1-9(7-8-13)16-11(12(14)15)10-5-3-2-4-6-10/h2-6,9,11H,7-8,13H2,1H3,(H,14,15). The topological polar surface area (TPSA) is 63.3 Å². The van der Waals surface area contributed by atoms with E-state index in [2.05, 4.69) is 0 Å². The average molecular weight is 239 g/mol. The smallest absolute Gasteiger partial charge is 0.321 e. The van der Waals surface area contributed by atoms with Crippen molar-refractivity contribution in [1.29, 1.82) is 0 Å². The molecule has 0 aromatic heterocycles. The molecule has 0 saturated carbocycles. The Morgan fingerprint density at radius 2 is 2.06 bits per heavy atom. The largest absolute Gasteiger partial charge is 0.480 e. The van der Waals surface area contributed by atoms with Crippen molar-refractivity contribution in [3.63, 3.8) is 0 Å². The second kappa shape index (κ2) is 6.55. The average Bonchev–Trinajstić information content (AvgIpc) is 2.27. The molecular weight excluding hydrogens is 222 g/mol. The summed E-state index contributed by atoms with van der Waals surface area (Å²) in [6.07, 6.45) is 0.835. The number of hydrogen-bond acceptors (Lipinski definition) is 3. The third kappa shape index (κ3) is 3.87. The Hall–Kier alpha value is -1.00. The van der Waals surface area contributed by atoms with Crippen LogP contribution in [-0.2, 0) is 4.79 Å². The first-order valence-corrected chi connectivity index (χ1v) is 6.22. The summed E-state index contributed by atoms with van der Waals surface area (Å²) in [4.78, 5) is 11.2. The van der Waals surface area contributed by atoms with Crippen LogP contribution in [0.3, 0.4) is 0 Å². The maximum Gasteiger partial charge on any atom is 0.321 e. The summed E-state index contributed by atoms with van der Waals surface area (Å²) >= 11 is 1.45. The summed E-state index contributed by atoms with van der Waals surface area (Å²) in [6.45, 7) is 2.60. The lowest BCUT2D eigenvalue weighted by molar-refractivity contribution is -0.136. The summed E-state index contributed by atoms with van der Waals surface area (Å²) in [6, 6.07) is 9.30. The summed E-state index contributed by atoms with van der Waals surface area (Å²) < 4.78 is 0. The zero-order valence-corrected chi connectivity index (χ0v) is 10.1. The number of carboxylic acid groups (broad SMARTS) is 1.